The lowest BCUT2D eigenvalue weighted by molar-refractivity contribution is -0.142. The maximum Gasteiger partial charge on any atom is 0.306 e. The van der Waals surface area contributed by atoms with Crippen LogP contribution in [0.15, 0.2) is 35.6 Å². The van der Waals surface area contributed by atoms with E-state index in [0.717, 1.165) is 17.6 Å². The van der Waals surface area contributed by atoms with Gasteiger partial charge < -0.3 is 4.74 Å². The molecule has 1 aromatic rings. The minimum Gasteiger partial charge on any atom is -0.460 e. The van der Waals surface area contributed by atoms with E-state index >= 15 is 0 Å². The molecule has 1 aromatic carbocycles. The molecule has 0 amide bonds. The van der Waals surface area contributed by atoms with Gasteiger partial charge in [-0.05, 0) is 31.9 Å². The van der Waals surface area contributed by atoms with E-state index < -0.39 is 0 Å². The van der Waals surface area contributed by atoms with Gasteiger partial charge in [0.25, 0.3) is 0 Å². The van der Waals surface area contributed by atoms with E-state index in [0.29, 0.717) is 13.0 Å². The van der Waals surface area contributed by atoms with Gasteiger partial charge in [0.05, 0.1) is 0 Å². The van der Waals surface area contributed by atoms with Gasteiger partial charge in [0, 0.05) is 12.0 Å². The molecule has 0 radical (unpaired) electrons. The van der Waals surface area contributed by atoms with Gasteiger partial charge in [-0.1, -0.05) is 36.8 Å². The van der Waals surface area contributed by atoms with Crippen molar-refractivity contribution in [1.29, 1.82) is 0 Å². The van der Waals surface area contributed by atoms with Crippen molar-refractivity contribution in [3.05, 3.63) is 46.7 Å². The summed E-state index contributed by atoms with van der Waals surface area (Å²) in [5.41, 5.74) is 6.38. The van der Waals surface area contributed by atoms with Gasteiger partial charge in [-0.3, -0.25) is 4.79 Å². The highest BCUT2D eigenvalue weighted by molar-refractivity contribution is 5.69. The van der Waals surface area contributed by atoms with Crippen LogP contribution < -0.4 is 0 Å². The molecular weight excluding hydrogens is 224 g/mol. The second kappa shape index (κ2) is 7.52. The van der Waals surface area contributed by atoms with Crippen LogP contribution in [-0.2, 0) is 9.53 Å². The maximum absolute atomic E-state index is 11.2. The van der Waals surface area contributed by atoms with Gasteiger partial charge in [0.2, 0.25) is 0 Å². The van der Waals surface area contributed by atoms with Gasteiger partial charge in [-0.2, -0.15) is 0 Å². The molecule has 0 bridgehead atoms. The van der Waals surface area contributed by atoms with Crippen molar-refractivity contribution in [3.8, 4) is 0 Å². The fraction of sp³-hybridized carbons (Fsp3) is 0.375. The minimum atomic E-state index is -0.144. The molecule has 0 N–H and O–H groups in total. The molecule has 0 fully saturated rings. The normalized spacial score (nSPS) is 9.50. The predicted octanol–water partition coefficient (Wildman–Crippen LogP) is 3.90. The van der Waals surface area contributed by atoms with Crippen molar-refractivity contribution in [2.45, 2.75) is 33.6 Å². The third-order valence-electron chi connectivity index (χ3n) is 2.47. The van der Waals surface area contributed by atoms with Crippen molar-refractivity contribution in [2.75, 3.05) is 6.61 Å². The van der Waals surface area contributed by atoms with E-state index in [2.05, 4.69) is 24.8 Å². The Bertz CT molecular complexity index is 448. The summed E-state index contributed by atoms with van der Waals surface area (Å²) in [5.74, 6) is -0.144. The SMILES string of the molecule is CCCC(=O)OCC(C)=C=Cc1ccc(C)cc1. The zero-order chi connectivity index (χ0) is 13.4. The Morgan fingerprint density at radius 2 is 2.00 bits per heavy atom. The van der Waals surface area contributed by atoms with Crippen LogP contribution >= 0.6 is 0 Å². The number of carbonyl (C=O) groups is 1. The fourth-order valence-electron chi connectivity index (χ4n) is 1.38. The minimum absolute atomic E-state index is 0.144. The second-order valence-corrected chi connectivity index (χ2v) is 4.39. The zero-order valence-corrected chi connectivity index (χ0v) is 11.3. The van der Waals surface area contributed by atoms with Gasteiger partial charge >= 0.3 is 5.97 Å². The second-order valence-electron chi connectivity index (χ2n) is 4.39. The van der Waals surface area contributed by atoms with E-state index in [1.807, 2.05) is 32.1 Å². The smallest absolute Gasteiger partial charge is 0.306 e. The number of rotatable bonds is 5. The summed E-state index contributed by atoms with van der Waals surface area (Å²) in [7, 11) is 0. The Balaban J connectivity index is 2.54. The molecular formula is C16H20O2. The van der Waals surface area contributed by atoms with Crippen molar-refractivity contribution in [3.63, 3.8) is 0 Å². The van der Waals surface area contributed by atoms with Crippen molar-refractivity contribution >= 4 is 12.0 Å². The first-order valence-electron chi connectivity index (χ1n) is 6.26. The van der Waals surface area contributed by atoms with Gasteiger partial charge in [-0.25, -0.2) is 0 Å². The molecule has 0 aliphatic carbocycles. The number of benzene rings is 1. The molecule has 0 saturated carbocycles. The number of hydrogen-bond donors (Lipinski definition) is 0. The molecule has 96 valence electrons. The third-order valence-corrected chi connectivity index (χ3v) is 2.47. The number of ether oxygens (including phenoxy) is 1. The lowest BCUT2D eigenvalue weighted by Gasteiger charge is -2.01. The first-order valence-corrected chi connectivity index (χ1v) is 6.26. The first kappa shape index (κ1) is 14.3. The van der Waals surface area contributed by atoms with Crippen molar-refractivity contribution < 1.29 is 9.53 Å². The Kier molecular flexibility index (Phi) is 5.96. The fourth-order valence-corrected chi connectivity index (χ4v) is 1.38. The molecule has 0 unspecified atom stereocenters. The Labute approximate surface area is 109 Å². The third kappa shape index (κ3) is 5.51. The molecule has 18 heavy (non-hydrogen) atoms. The summed E-state index contributed by atoms with van der Waals surface area (Å²) in [4.78, 5) is 11.2. The van der Waals surface area contributed by atoms with E-state index in [1.54, 1.807) is 0 Å². The average Bonchev–Trinajstić information content (AvgIpc) is 2.36. The molecule has 0 aromatic heterocycles. The number of carbonyl (C=O) groups excluding carboxylic acids is 1. The lowest BCUT2D eigenvalue weighted by Crippen LogP contribution is -2.05. The Morgan fingerprint density at radius 3 is 2.61 bits per heavy atom. The Hall–Kier alpha value is -1.79. The number of aryl methyl sites for hydroxylation is 1. The van der Waals surface area contributed by atoms with E-state index in [-0.39, 0.29) is 5.97 Å². The lowest BCUT2D eigenvalue weighted by atomic mass is 10.1. The molecule has 0 spiro atoms. The number of esters is 1. The van der Waals surface area contributed by atoms with E-state index in [1.165, 1.54) is 5.56 Å². The molecule has 0 aliphatic heterocycles. The monoisotopic (exact) mass is 244 g/mol. The molecule has 0 atom stereocenters. The first-order chi connectivity index (χ1) is 8.61. The molecule has 0 saturated heterocycles. The predicted molar refractivity (Wildman–Crippen MR) is 74.2 cm³/mol. The van der Waals surface area contributed by atoms with Gasteiger partial charge in [0.15, 0.2) is 0 Å². The molecule has 2 heteroatoms. The summed E-state index contributed by atoms with van der Waals surface area (Å²) in [6, 6.07) is 8.20. The summed E-state index contributed by atoms with van der Waals surface area (Å²) in [5, 5.41) is 0. The quantitative estimate of drug-likeness (QED) is 0.580. The van der Waals surface area contributed by atoms with Gasteiger partial charge in [0.1, 0.15) is 6.61 Å². The van der Waals surface area contributed by atoms with Gasteiger partial charge in [-0.15, -0.1) is 5.73 Å². The summed E-state index contributed by atoms with van der Waals surface area (Å²) in [6.07, 6.45) is 3.21. The topological polar surface area (TPSA) is 26.3 Å². The van der Waals surface area contributed by atoms with E-state index in [9.17, 15) is 4.79 Å². The van der Waals surface area contributed by atoms with Crippen molar-refractivity contribution in [2.24, 2.45) is 0 Å². The van der Waals surface area contributed by atoms with Crippen LogP contribution in [0, 0.1) is 6.92 Å². The highest BCUT2D eigenvalue weighted by Crippen LogP contribution is 2.05. The molecule has 0 aliphatic rings. The van der Waals surface area contributed by atoms with Crippen LogP contribution in [0.5, 0.6) is 0 Å². The Morgan fingerprint density at radius 1 is 1.33 bits per heavy atom. The van der Waals surface area contributed by atoms with Crippen LogP contribution in [0.2, 0.25) is 0 Å². The molecule has 1 rings (SSSR count). The van der Waals surface area contributed by atoms with Crippen LogP contribution in [0.25, 0.3) is 6.08 Å². The van der Waals surface area contributed by atoms with Crippen molar-refractivity contribution in [1.82, 2.24) is 0 Å². The average molecular weight is 244 g/mol. The summed E-state index contributed by atoms with van der Waals surface area (Å²) >= 11 is 0. The van der Waals surface area contributed by atoms with Crippen LogP contribution in [0.3, 0.4) is 0 Å². The largest absolute Gasteiger partial charge is 0.460 e. The number of hydrogen-bond acceptors (Lipinski definition) is 2. The summed E-state index contributed by atoms with van der Waals surface area (Å²) < 4.78 is 5.09. The molecule has 2 nitrogen and oxygen atoms in total. The maximum atomic E-state index is 11.2. The standard InChI is InChI=1S/C16H20O2/c1-4-5-16(17)18-12-14(3)8-11-15-9-6-13(2)7-10-15/h6-7,9-11H,4-5,12H2,1-3H3. The van der Waals surface area contributed by atoms with Crippen LogP contribution in [-0.4, -0.2) is 12.6 Å². The summed E-state index contributed by atoms with van der Waals surface area (Å²) in [6.45, 7) is 6.24. The molecule has 0 heterocycles. The van der Waals surface area contributed by atoms with Crippen LogP contribution in [0.4, 0.5) is 0 Å². The van der Waals surface area contributed by atoms with Crippen LogP contribution in [0.1, 0.15) is 37.8 Å². The highest BCUT2D eigenvalue weighted by Gasteiger charge is 1.99. The zero-order valence-electron chi connectivity index (χ0n) is 11.3. The highest BCUT2D eigenvalue weighted by atomic mass is 16.5. The van der Waals surface area contributed by atoms with E-state index in [4.69, 9.17) is 4.74 Å².